The molecule has 0 aliphatic carbocycles. The Morgan fingerprint density at radius 2 is 1.70 bits per heavy atom. The van der Waals surface area contributed by atoms with Gasteiger partial charge < -0.3 is 14.2 Å². The number of nitrogens with zero attached hydrogens (tertiary/aromatic N) is 2. The van der Waals surface area contributed by atoms with E-state index in [1.807, 2.05) is 48.5 Å². The van der Waals surface area contributed by atoms with Crippen molar-refractivity contribution in [2.75, 3.05) is 14.2 Å². The summed E-state index contributed by atoms with van der Waals surface area (Å²) in [5, 5.41) is 6.65. The number of ether oxygens (including phenoxy) is 3. The maximum absolute atomic E-state index is 13.5. The molecule has 2 aliphatic heterocycles. The van der Waals surface area contributed by atoms with E-state index in [1.165, 1.54) is 0 Å². The van der Waals surface area contributed by atoms with Crippen LogP contribution >= 0.6 is 31.9 Å². The molecule has 33 heavy (non-hydrogen) atoms. The predicted molar refractivity (Wildman–Crippen MR) is 132 cm³/mol. The molecule has 0 saturated heterocycles. The minimum Gasteiger partial charge on any atom is -0.493 e. The van der Waals surface area contributed by atoms with E-state index in [4.69, 9.17) is 19.3 Å². The number of ketones is 1. The van der Waals surface area contributed by atoms with Crippen molar-refractivity contribution in [1.29, 1.82) is 0 Å². The van der Waals surface area contributed by atoms with Crippen molar-refractivity contribution in [2.24, 2.45) is 5.10 Å². The molecule has 3 aromatic carbocycles. The van der Waals surface area contributed by atoms with Crippen molar-refractivity contribution in [2.45, 2.75) is 18.7 Å². The molecule has 2 aliphatic rings. The summed E-state index contributed by atoms with van der Waals surface area (Å²) in [7, 11) is 3.21. The van der Waals surface area contributed by atoms with E-state index in [0.29, 0.717) is 29.2 Å². The van der Waals surface area contributed by atoms with E-state index in [9.17, 15) is 4.79 Å². The van der Waals surface area contributed by atoms with Crippen LogP contribution in [0, 0.1) is 0 Å². The Bertz CT molecular complexity index is 1260. The molecule has 0 spiro atoms. The van der Waals surface area contributed by atoms with Gasteiger partial charge in [0.25, 0.3) is 6.23 Å². The maximum atomic E-state index is 13.5. The first kappa shape index (κ1) is 22.0. The number of rotatable bonds is 5. The lowest BCUT2D eigenvalue weighted by Gasteiger charge is -2.37. The first-order valence-corrected chi connectivity index (χ1v) is 11.9. The molecule has 6 nitrogen and oxygen atoms in total. The van der Waals surface area contributed by atoms with Gasteiger partial charge in [0.05, 0.1) is 26.0 Å². The van der Waals surface area contributed by atoms with Crippen molar-refractivity contribution in [1.82, 2.24) is 5.01 Å². The van der Waals surface area contributed by atoms with Gasteiger partial charge in [-0.1, -0.05) is 44.0 Å². The van der Waals surface area contributed by atoms with E-state index in [-0.39, 0.29) is 11.8 Å². The van der Waals surface area contributed by atoms with Crippen molar-refractivity contribution in [3.63, 3.8) is 0 Å². The Kier molecular flexibility index (Phi) is 5.88. The van der Waals surface area contributed by atoms with Crippen LogP contribution in [0.15, 0.2) is 74.7 Å². The molecule has 8 heteroatoms. The monoisotopic (exact) mass is 570 g/mol. The van der Waals surface area contributed by atoms with Crippen molar-refractivity contribution < 1.29 is 19.0 Å². The molecule has 3 aromatic rings. The Morgan fingerprint density at radius 3 is 2.42 bits per heavy atom. The second-order valence-electron chi connectivity index (χ2n) is 7.74. The van der Waals surface area contributed by atoms with Crippen LogP contribution in [0.4, 0.5) is 0 Å². The molecule has 2 atom stereocenters. The summed E-state index contributed by atoms with van der Waals surface area (Å²) >= 11 is 6.98. The number of fused-ring (bicyclic) bond motifs is 3. The molecular weight excluding hydrogens is 552 g/mol. The molecule has 0 saturated carbocycles. The summed E-state index contributed by atoms with van der Waals surface area (Å²) in [6, 6.07) is 18.7. The number of carbonyl (C=O) groups excluding carboxylic acids is 1. The van der Waals surface area contributed by atoms with Crippen LogP contribution < -0.4 is 14.2 Å². The standard InChI is InChI=1S/C25H20Br2N2O4/c1-31-22-9-5-15(11-23(22)32-2)19-13-20-18-12-17(27)8-10-21(18)33-25(29(20)28-19)24(30)14-3-6-16(26)7-4-14/h3-12,20,25H,13H2,1-2H3. The van der Waals surface area contributed by atoms with Gasteiger partial charge in [0, 0.05) is 32.1 Å². The normalized spacial score (nSPS) is 18.7. The fourth-order valence-electron chi connectivity index (χ4n) is 4.18. The van der Waals surface area contributed by atoms with Gasteiger partial charge >= 0.3 is 0 Å². The Morgan fingerprint density at radius 1 is 0.970 bits per heavy atom. The second-order valence-corrected chi connectivity index (χ2v) is 9.57. The summed E-state index contributed by atoms with van der Waals surface area (Å²) in [4.78, 5) is 13.5. The van der Waals surface area contributed by atoms with E-state index < -0.39 is 6.23 Å². The maximum Gasteiger partial charge on any atom is 0.251 e. The highest BCUT2D eigenvalue weighted by Gasteiger charge is 2.43. The number of carbonyl (C=O) groups is 1. The highest BCUT2D eigenvalue weighted by molar-refractivity contribution is 9.10. The summed E-state index contributed by atoms with van der Waals surface area (Å²) in [5.74, 6) is 1.83. The largest absolute Gasteiger partial charge is 0.493 e. The fraction of sp³-hybridized carbons (Fsp3) is 0.200. The zero-order valence-corrected chi connectivity index (χ0v) is 21.1. The van der Waals surface area contributed by atoms with Gasteiger partial charge in [0.2, 0.25) is 5.78 Å². The van der Waals surface area contributed by atoms with Crippen LogP contribution in [0.3, 0.4) is 0 Å². The Hall–Kier alpha value is -2.84. The van der Waals surface area contributed by atoms with Crippen molar-refractivity contribution in [3.8, 4) is 17.2 Å². The average Bonchev–Trinajstić information content (AvgIpc) is 3.29. The van der Waals surface area contributed by atoms with Crippen LogP contribution in [0.5, 0.6) is 17.2 Å². The van der Waals surface area contributed by atoms with Gasteiger partial charge in [0.1, 0.15) is 5.75 Å². The van der Waals surface area contributed by atoms with Crippen LogP contribution in [0.2, 0.25) is 0 Å². The number of halogens is 2. The van der Waals surface area contributed by atoms with Gasteiger partial charge in [-0.3, -0.25) is 4.79 Å². The molecule has 0 aromatic heterocycles. The topological polar surface area (TPSA) is 60.4 Å². The summed E-state index contributed by atoms with van der Waals surface area (Å²) in [6.07, 6.45) is -0.227. The number of hydrazone groups is 1. The first-order valence-electron chi connectivity index (χ1n) is 10.3. The molecule has 0 bridgehead atoms. The van der Waals surface area contributed by atoms with Crippen LogP contribution in [0.1, 0.15) is 33.9 Å². The molecule has 2 heterocycles. The molecule has 0 amide bonds. The van der Waals surface area contributed by atoms with Crippen LogP contribution in [0.25, 0.3) is 0 Å². The minimum absolute atomic E-state index is 0.126. The lowest BCUT2D eigenvalue weighted by atomic mass is 9.95. The van der Waals surface area contributed by atoms with E-state index in [2.05, 4.69) is 31.9 Å². The number of Topliss-reactive ketones (excluding diaryl/α,β-unsaturated/α-hetero) is 1. The van der Waals surface area contributed by atoms with Gasteiger partial charge in [-0.25, -0.2) is 5.01 Å². The second kappa shape index (κ2) is 8.83. The molecule has 0 radical (unpaired) electrons. The SMILES string of the molecule is COc1ccc(C2=NN3C(C(=O)c4ccc(Br)cc4)Oc4ccc(Br)cc4C3C2)cc1OC. The van der Waals surface area contributed by atoms with E-state index in [1.54, 1.807) is 31.4 Å². The summed E-state index contributed by atoms with van der Waals surface area (Å²) < 4.78 is 18.9. The predicted octanol–water partition coefficient (Wildman–Crippen LogP) is 5.98. The van der Waals surface area contributed by atoms with Gasteiger partial charge in [0.15, 0.2) is 11.5 Å². The quantitative estimate of drug-likeness (QED) is 0.352. The number of hydrogen-bond donors (Lipinski definition) is 0. The smallest absolute Gasteiger partial charge is 0.251 e. The third-order valence-electron chi connectivity index (χ3n) is 5.82. The highest BCUT2D eigenvalue weighted by atomic mass is 79.9. The summed E-state index contributed by atoms with van der Waals surface area (Å²) in [6.45, 7) is 0. The van der Waals surface area contributed by atoms with Crippen LogP contribution in [-0.4, -0.2) is 37.0 Å². The Balaban J connectivity index is 1.56. The fourth-order valence-corrected chi connectivity index (χ4v) is 4.82. The van der Waals surface area contributed by atoms with E-state index >= 15 is 0 Å². The lowest BCUT2D eigenvalue weighted by Crippen LogP contribution is -2.45. The van der Waals surface area contributed by atoms with Crippen molar-refractivity contribution in [3.05, 3.63) is 86.3 Å². The summed E-state index contributed by atoms with van der Waals surface area (Å²) in [5.41, 5.74) is 3.32. The minimum atomic E-state index is -0.859. The van der Waals surface area contributed by atoms with Crippen molar-refractivity contribution >= 4 is 43.4 Å². The van der Waals surface area contributed by atoms with Crippen LogP contribution in [-0.2, 0) is 0 Å². The third kappa shape index (κ3) is 4.02. The average molecular weight is 572 g/mol. The zero-order valence-electron chi connectivity index (χ0n) is 17.9. The molecule has 168 valence electrons. The number of hydrogen-bond acceptors (Lipinski definition) is 6. The van der Waals surface area contributed by atoms with Gasteiger partial charge in [-0.2, -0.15) is 5.10 Å². The number of methoxy groups -OCH3 is 2. The molecule has 0 fully saturated rings. The molecule has 5 rings (SSSR count). The first-order chi connectivity index (χ1) is 16.0. The lowest BCUT2D eigenvalue weighted by molar-refractivity contribution is -0.00459. The van der Waals surface area contributed by atoms with Gasteiger partial charge in [-0.15, -0.1) is 0 Å². The molecule has 2 unspecified atom stereocenters. The number of benzene rings is 3. The zero-order chi connectivity index (χ0) is 23.1. The third-order valence-corrected chi connectivity index (χ3v) is 6.84. The highest BCUT2D eigenvalue weighted by Crippen LogP contribution is 2.45. The molecule has 0 N–H and O–H groups in total. The Labute approximate surface area is 208 Å². The van der Waals surface area contributed by atoms with Gasteiger partial charge in [-0.05, 0) is 48.5 Å². The van der Waals surface area contributed by atoms with E-state index in [0.717, 1.165) is 25.8 Å². The molecular formula is C25H20Br2N2O4.